The molecule has 0 aromatic carbocycles. The topological polar surface area (TPSA) is 78.4 Å². The zero-order chi connectivity index (χ0) is 13.0. The van der Waals surface area contributed by atoms with Crippen molar-refractivity contribution in [1.82, 2.24) is 14.9 Å². The molecule has 1 atom stereocenters. The highest BCUT2D eigenvalue weighted by atomic mass is 16.4. The van der Waals surface area contributed by atoms with E-state index in [2.05, 4.69) is 27.1 Å². The second kappa shape index (κ2) is 5.77. The maximum absolute atomic E-state index is 10.8. The lowest BCUT2D eigenvalue weighted by Crippen LogP contribution is -2.34. The lowest BCUT2D eigenvalue weighted by Gasteiger charge is -2.23. The highest BCUT2D eigenvalue weighted by Gasteiger charge is 2.22. The summed E-state index contributed by atoms with van der Waals surface area (Å²) in [4.78, 5) is 21.1. The van der Waals surface area contributed by atoms with Crippen LogP contribution in [0.4, 0.5) is 5.82 Å². The second-order valence-electron chi connectivity index (χ2n) is 4.40. The van der Waals surface area contributed by atoms with Gasteiger partial charge in [-0.2, -0.15) is 0 Å². The lowest BCUT2D eigenvalue weighted by molar-refractivity contribution is 0.0690. The van der Waals surface area contributed by atoms with Gasteiger partial charge in [0.15, 0.2) is 5.69 Å². The molecule has 6 heteroatoms. The first-order valence-corrected chi connectivity index (χ1v) is 6.24. The minimum Gasteiger partial charge on any atom is -0.476 e. The summed E-state index contributed by atoms with van der Waals surface area (Å²) >= 11 is 0. The minimum atomic E-state index is -1.05. The Morgan fingerprint density at radius 3 is 3.17 bits per heavy atom. The number of rotatable bonds is 5. The van der Waals surface area contributed by atoms with Gasteiger partial charge in [-0.05, 0) is 25.9 Å². The molecular formula is C12H18N4O2. The van der Waals surface area contributed by atoms with Gasteiger partial charge in [0.2, 0.25) is 0 Å². The standard InChI is InChI=1S/C12H18N4O2/c1-2-16-5-3-4-9(16)6-14-11-8-13-7-10(15-11)12(17)18/h7-9H,2-6H2,1H3,(H,14,15)(H,17,18). The average molecular weight is 250 g/mol. The largest absolute Gasteiger partial charge is 0.476 e. The second-order valence-corrected chi connectivity index (χ2v) is 4.40. The fourth-order valence-electron chi connectivity index (χ4n) is 2.32. The number of likely N-dealkylation sites (N-methyl/N-ethyl adjacent to an activating group) is 1. The zero-order valence-corrected chi connectivity index (χ0v) is 10.5. The molecule has 1 aromatic heterocycles. The summed E-state index contributed by atoms with van der Waals surface area (Å²) in [5.74, 6) is -0.528. The van der Waals surface area contributed by atoms with Gasteiger partial charge in [0.1, 0.15) is 5.82 Å². The van der Waals surface area contributed by atoms with Crippen LogP contribution in [0.15, 0.2) is 12.4 Å². The van der Waals surface area contributed by atoms with Gasteiger partial charge in [0.05, 0.1) is 12.4 Å². The molecule has 2 rings (SSSR count). The number of anilines is 1. The van der Waals surface area contributed by atoms with Gasteiger partial charge in [-0.25, -0.2) is 9.78 Å². The normalized spacial score (nSPS) is 19.9. The number of likely N-dealkylation sites (tertiary alicyclic amines) is 1. The first-order valence-electron chi connectivity index (χ1n) is 6.24. The fraction of sp³-hybridized carbons (Fsp3) is 0.583. The van der Waals surface area contributed by atoms with Crippen LogP contribution in [0.25, 0.3) is 0 Å². The molecular weight excluding hydrogens is 232 g/mol. The van der Waals surface area contributed by atoms with Crippen molar-refractivity contribution >= 4 is 11.8 Å². The molecule has 1 saturated heterocycles. The Morgan fingerprint density at radius 2 is 2.44 bits per heavy atom. The SMILES string of the molecule is CCN1CCCC1CNc1cncc(C(=O)O)n1. The molecule has 1 unspecified atom stereocenters. The number of nitrogens with one attached hydrogen (secondary N) is 1. The molecule has 0 radical (unpaired) electrons. The number of carboxylic acid groups (broad SMARTS) is 1. The van der Waals surface area contributed by atoms with Gasteiger partial charge < -0.3 is 10.4 Å². The smallest absolute Gasteiger partial charge is 0.356 e. The van der Waals surface area contributed by atoms with E-state index in [1.807, 2.05) is 0 Å². The van der Waals surface area contributed by atoms with Crippen LogP contribution in [0.1, 0.15) is 30.3 Å². The number of hydrogen-bond donors (Lipinski definition) is 2. The average Bonchev–Trinajstić information content (AvgIpc) is 2.84. The van der Waals surface area contributed by atoms with E-state index < -0.39 is 5.97 Å². The fourth-order valence-corrected chi connectivity index (χ4v) is 2.32. The van der Waals surface area contributed by atoms with Gasteiger partial charge in [-0.15, -0.1) is 0 Å². The Hall–Kier alpha value is -1.69. The highest BCUT2D eigenvalue weighted by molar-refractivity contribution is 5.85. The maximum Gasteiger partial charge on any atom is 0.356 e. The number of aromatic nitrogens is 2. The molecule has 2 heterocycles. The van der Waals surface area contributed by atoms with E-state index in [1.54, 1.807) is 6.20 Å². The number of hydrogen-bond acceptors (Lipinski definition) is 5. The van der Waals surface area contributed by atoms with E-state index in [-0.39, 0.29) is 5.69 Å². The third-order valence-corrected chi connectivity index (χ3v) is 3.28. The Kier molecular flexibility index (Phi) is 4.09. The Labute approximate surface area is 106 Å². The molecule has 1 aliphatic rings. The predicted octanol–water partition coefficient (Wildman–Crippen LogP) is 1.07. The first-order chi connectivity index (χ1) is 8.70. The summed E-state index contributed by atoms with van der Waals surface area (Å²) in [7, 11) is 0. The molecule has 98 valence electrons. The third-order valence-electron chi connectivity index (χ3n) is 3.28. The lowest BCUT2D eigenvalue weighted by atomic mass is 10.2. The summed E-state index contributed by atoms with van der Waals surface area (Å²) in [5, 5.41) is 12.0. The van der Waals surface area contributed by atoms with Crippen LogP contribution in [0.2, 0.25) is 0 Å². The molecule has 0 amide bonds. The van der Waals surface area contributed by atoms with Crippen LogP contribution in [-0.4, -0.2) is 51.6 Å². The summed E-state index contributed by atoms with van der Waals surface area (Å²) in [6.07, 6.45) is 5.20. The molecule has 0 spiro atoms. The van der Waals surface area contributed by atoms with Gasteiger partial charge in [0.25, 0.3) is 0 Å². The maximum atomic E-state index is 10.8. The van der Waals surface area contributed by atoms with Crippen molar-refractivity contribution in [1.29, 1.82) is 0 Å². The Morgan fingerprint density at radius 1 is 1.61 bits per heavy atom. The molecule has 1 aromatic rings. The molecule has 0 saturated carbocycles. The van der Waals surface area contributed by atoms with Crippen molar-refractivity contribution in [2.75, 3.05) is 25.0 Å². The molecule has 0 aliphatic carbocycles. The highest BCUT2D eigenvalue weighted by Crippen LogP contribution is 2.16. The molecule has 0 bridgehead atoms. The van der Waals surface area contributed by atoms with Gasteiger partial charge in [-0.3, -0.25) is 9.88 Å². The monoisotopic (exact) mass is 250 g/mol. The van der Waals surface area contributed by atoms with Crippen LogP contribution in [0.5, 0.6) is 0 Å². The molecule has 6 nitrogen and oxygen atoms in total. The molecule has 2 N–H and O–H groups in total. The molecule has 1 aliphatic heterocycles. The first kappa shape index (κ1) is 12.8. The third kappa shape index (κ3) is 2.95. The Balaban J connectivity index is 1.93. The van der Waals surface area contributed by atoms with Gasteiger partial charge >= 0.3 is 5.97 Å². The summed E-state index contributed by atoms with van der Waals surface area (Å²) < 4.78 is 0. The minimum absolute atomic E-state index is 0.0289. The van der Waals surface area contributed by atoms with E-state index in [0.29, 0.717) is 11.9 Å². The van der Waals surface area contributed by atoms with Crippen molar-refractivity contribution < 1.29 is 9.90 Å². The van der Waals surface area contributed by atoms with Crippen LogP contribution in [0.3, 0.4) is 0 Å². The number of nitrogens with zero attached hydrogens (tertiary/aromatic N) is 3. The van der Waals surface area contributed by atoms with Crippen LogP contribution in [0, 0.1) is 0 Å². The molecule has 18 heavy (non-hydrogen) atoms. The van der Waals surface area contributed by atoms with Gasteiger partial charge in [-0.1, -0.05) is 6.92 Å². The van der Waals surface area contributed by atoms with E-state index in [1.165, 1.54) is 19.0 Å². The quantitative estimate of drug-likeness (QED) is 0.814. The predicted molar refractivity (Wildman–Crippen MR) is 67.8 cm³/mol. The summed E-state index contributed by atoms with van der Waals surface area (Å²) in [6.45, 7) is 5.13. The number of carbonyl (C=O) groups is 1. The van der Waals surface area contributed by atoms with Gasteiger partial charge in [0, 0.05) is 12.6 Å². The number of carboxylic acids is 1. The van der Waals surface area contributed by atoms with Crippen molar-refractivity contribution in [3.05, 3.63) is 18.1 Å². The van der Waals surface area contributed by atoms with E-state index in [0.717, 1.165) is 19.6 Å². The van der Waals surface area contributed by atoms with Crippen molar-refractivity contribution in [2.45, 2.75) is 25.8 Å². The van der Waals surface area contributed by atoms with Crippen molar-refractivity contribution in [3.63, 3.8) is 0 Å². The van der Waals surface area contributed by atoms with Crippen molar-refractivity contribution in [2.24, 2.45) is 0 Å². The van der Waals surface area contributed by atoms with E-state index >= 15 is 0 Å². The summed E-state index contributed by atoms with van der Waals surface area (Å²) in [6, 6.07) is 0.505. The van der Waals surface area contributed by atoms with Crippen LogP contribution < -0.4 is 5.32 Å². The van der Waals surface area contributed by atoms with E-state index in [9.17, 15) is 4.79 Å². The van der Waals surface area contributed by atoms with Crippen LogP contribution >= 0.6 is 0 Å². The Bertz CT molecular complexity index is 424. The van der Waals surface area contributed by atoms with E-state index in [4.69, 9.17) is 5.11 Å². The summed E-state index contributed by atoms with van der Waals surface area (Å²) in [5.41, 5.74) is -0.0289. The zero-order valence-electron chi connectivity index (χ0n) is 10.5. The van der Waals surface area contributed by atoms with Crippen molar-refractivity contribution in [3.8, 4) is 0 Å². The number of aromatic carboxylic acids is 1. The molecule has 1 fully saturated rings. The van der Waals surface area contributed by atoms with Crippen LogP contribution in [-0.2, 0) is 0 Å².